The fourth-order valence-corrected chi connectivity index (χ4v) is 4.96. The van der Waals surface area contributed by atoms with Crippen LogP contribution >= 0.6 is 11.3 Å². The predicted molar refractivity (Wildman–Crippen MR) is 106 cm³/mol. The molecule has 0 atom stereocenters. The van der Waals surface area contributed by atoms with Crippen molar-refractivity contribution in [1.29, 1.82) is 0 Å². The molecule has 0 aliphatic carbocycles. The first-order valence-corrected chi connectivity index (χ1v) is 11.1. The Morgan fingerprint density at radius 2 is 1.86 bits per heavy atom. The van der Waals surface area contributed by atoms with Gasteiger partial charge in [-0.25, -0.2) is 17.2 Å². The summed E-state index contributed by atoms with van der Waals surface area (Å²) in [6, 6.07) is 11.1. The number of benzene rings is 2. The highest BCUT2D eigenvalue weighted by molar-refractivity contribution is 7.92. The van der Waals surface area contributed by atoms with E-state index < -0.39 is 21.7 Å². The van der Waals surface area contributed by atoms with Crippen LogP contribution in [0.2, 0.25) is 0 Å². The van der Waals surface area contributed by atoms with Crippen LogP contribution < -0.4 is 4.72 Å². The zero-order valence-corrected chi connectivity index (χ0v) is 16.7. The SMILES string of the molecule is O=C(c1cccs1)N1CCc2ccc(NS(=O)(=O)c3ccc(F)c(F)c3)cc2C1. The van der Waals surface area contributed by atoms with E-state index in [-0.39, 0.29) is 10.8 Å². The molecular weight excluding hydrogens is 418 g/mol. The highest BCUT2D eigenvalue weighted by atomic mass is 32.2. The molecule has 1 aromatic heterocycles. The molecular formula is C20H16F2N2O3S2. The first-order valence-electron chi connectivity index (χ1n) is 8.76. The fraction of sp³-hybridized carbons (Fsp3) is 0.150. The Kier molecular flexibility index (Phi) is 5.10. The number of anilines is 1. The van der Waals surface area contributed by atoms with E-state index in [4.69, 9.17) is 0 Å². The number of nitrogens with zero attached hydrogens (tertiary/aromatic N) is 1. The number of fused-ring (bicyclic) bond motifs is 1. The molecule has 29 heavy (non-hydrogen) atoms. The van der Waals surface area contributed by atoms with Gasteiger partial charge in [0.05, 0.1) is 9.77 Å². The zero-order valence-electron chi connectivity index (χ0n) is 15.1. The van der Waals surface area contributed by atoms with E-state index in [1.165, 1.54) is 11.3 Å². The van der Waals surface area contributed by atoms with Crippen LogP contribution in [0.5, 0.6) is 0 Å². The molecule has 5 nitrogen and oxygen atoms in total. The minimum atomic E-state index is -4.08. The number of sulfonamides is 1. The number of amides is 1. The van der Waals surface area contributed by atoms with Crippen molar-refractivity contribution in [2.75, 3.05) is 11.3 Å². The highest BCUT2D eigenvalue weighted by Crippen LogP contribution is 2.26. The second kappa shape index (κ2) is 7.57. The summed E-state index contributed by atoms with van der Waals surface area (Å²) in [6.07, 6.45) is 0.669. The summed E-state index contributed by atoms with van der Waals surface area (Å²) < 4.78 is 53.9. The largest absolute Gasteiger partial charge is 0.333 e. The normalized spacial score (nSPS) is 13.8. The molecule has 2 aromatic carbocycles. The van der Waals surface area contributed by atoms with E-state index in [1.807, 2.05) is 17.5 Å². The third-order valence-electron chi connectivity index (χ3n) is 4.69. The van der Waals surface area contributed by atoms with Gasteiger partial charge in [0, 0.05) is 18.8 Å². The molecule has 4 rings (SSSR count). The summed E-state index contributed by atoms with van der Waals surface area (Å²) in [5.41, 5.74) is 2.17. The number of nitrogens with one attached hydrogen (secondary N) is 1. The maximum Gasteiger partial charge on any atom is 0.264 e. The van der Waals surface area contributed by atoms with Crippen molar-refractivity contribution in [3.05, 3.63) is 81.5 Å². The van der Waals surface area contributed by atoms with Crippen LogP contribution in [0.25, 0.3) is 0 Å². The molecule has 0 spiro atoms. The monoisotopic (exact) mass is 434 g/mol. The van der Waals surface area contributed by atoms with Crippen LogP contribution in [0.4, 0.5) is 14.5 Å². The molecule has 0 saturated heterocycles. The molecule has 0 bridgehead atoms. The fourth-order valence-electron chi connectivity index (χ4n) is 3.21. The molecule has 1 aliphatic rings. The Labute approximate surface area is 170 Å². The first kappa shape index (κ1) is 19.5. The molecule has 0 fully saturated rings. The van der Waals surface area contributed by atoms with Gasteiger partial charge >= 0.3 is 0 Å². The van der Waals surface area contributed by atoms with Crippen molar-refractivity contribution >= 4 is 33.0 Å². The summed E-state index contributed by atoms with van der Waals surface area (Å²) in [6.45, 7) is 0.955. The number of hydrogen-bond acceptors (Lipinski definition) is 4. The lowest BCUT2D eigenvalue weighted by molar-refractivity contribution is 0.0739. The van der Waals surface area contributed by atoms with Crippen molar-refractivity contribution in [1.82, 2.24) is 4.90 Å². The maximum absolute atomic E-state index is 13.4. The summed E-state index contributed by atoms with van der Waals surface area (Å²) in [4.78, 5) is 14.6. The van der Waals surface area contributed by atoms with E-state index in [2.05, 4.69) is 4.72 Å². The van der Waals surface area contributed by atoms with Gasteiger partial charge in [0.2, 0.25) is 0 Å². The van der Waals surface area contributed by atoms with Crippen LogP contribution in [0, 0.1) is 11.6 Å². The van der Waals surface area contributed by atoms with Crippen LogP contribution in [0.15, 0.2) is 58.8 Å². The third kappa shape index (κ3) is 4.01. The molecule has 1 aliphatic heterocycles. The van der Waals surface area contributed by atoms with Crippen LogP contribution in [-0.2, 0) is 23.0 Å². The Morgan fingerprint density at radius 3 is 2.59 bits per heavy atom. The van der Waals surface area contributed by atoms with Crippen molar-refractivity contribution in [2.24, 2.45) is 0 Å². The smallest absolute Gasteiger partial charge is 0.264 e. The van der Waals surface area contributed by atoms with Crippen LogP contribution in [0.3, 0.4) is 0 Å². The Balaban J connectivity index is 1.56. The molecule has 9 heteroatoms. The Bertz CT molecular complexity index is 1180. The van der Waals surface area contributed by atoms with E-state index >= 15 is 0 Å². The van der Waals surface area contributed by atoms with Crippen molar-refractivity contribution < 1.29 is 22.0 Å². The average molecular weight is 434 g/mol. The van der Waals surface area contributed by atoms with E-state index in [9.17, 15) is 22.0 Å². The number of carbonyl (C=O) groups excluding carboxylic acids is 1. The predicted octanol–water partition coefficient (Wildman–Crippen LogP) is 4.03. The number of thiophene rings is 1. The molecule has 3 aromatic rings. The summed E-state index contributed by atoms with van der Waals surface area (Å²) in [7, 11) is -4.08. The van der Waals surface area contributed by atoms with Gasteiger partial charge in [-0.05, 0) is 59.3 Å². The molecule has 0 unspecified atom stereocenters. The second-order valence-electron chi connectivity index (χ2n) is 6.62. The van der Waals surface area contributed by atoms with E-state index in [0.717, 1.165) is 23.3 Å². The van der Waals surface area contributed by atoms with Crippen molar-refractivity contribution in [2.45, 2.75) is 17.9 Å². The maximum atomic E-state index is 13.4. The number of hydrogen-bond donors (Lipinski definition) is 1. The van der Waals surface area contributed by atoms with Gasteiger partial charge in [0.25, 0.3) is 15.9 Å². The van der Waals surface area contributed by atoms with Crippen molar-refractivity contribution in [3.8, 4) is 0 Å². The minimum Gasteiger partial charge on any atom is -0.333 e. The quantitative estimate of drug-likeness (QED) is 0.674. The molecule has 0 radical (unpaired) electrons. The lowest BCUT2D eigenvalue weighted by Crippen LogP contribution is -2.35. The Morgan fingerprint density at radius 1 is 1.03 bits per heavy atom. The molecule has 1 amide bonds. The topological polar surface area (TPSA) is 66.5 Å². The summed E-state index contributed by atoms with van der Waals surface area (Å²) >= 11 is 1.38. The summed E-state index contributed by atoms with van der Waals surface area (Å²) in [5, 5.41) is 1.84. The van der Waals surface area contributed by atoms with Crippen molar-refractivity contribution in [3.63, 3.8) is 0 Å². The third-order valence-corrected chi connectivity index (χ3v) is 6.93. The molecule has 0 saturated carbocycles. The van der Waals surface area contributed by atoms with Gasteiger partial charge in [-0.3, -0.25) is 9.52 Å². The van der Waals surface area contributed by atoms with Gasteiger partial charge in [0.15, 0.2) is 11.6 Å². The molecule has 1 N–H and O–H groups in total. The van der Waals surface area contributed by atoms with Crippen LogP contribution in [0.1, 0.15) is 20.8 Å². The van der Waals surface area contributed by atoms with Gasteiger partial charge in [-0.2, -0.15) is 0 Å². The number of rotatable bonds is 4. The van der Waals surface area contributed by atoms with Gasteiger partial charge < -0.3 is 4.90 Å². The number of halogens is 2. The molecule has 2 heterocycles. The average Bonchev–Trinajstić information content (AvgIpc) is 3.23. The zero-order chi connectivity index (χ0) is 20.6. The second-order valence-corrected chi connectivity index (χ2v) is 9.25. The van der Waals surface area contributed by atoms with Gasteiger partial charge in [0.1, 0.15) is 0 Å². The minimum absolute atomic E-state index is 0.0570. The lowest BCUT2D eigenvalue weighted by Gasteiger charge is -2.29. The van der Waals surface area contributed by atoms with Gasteiger partial charge in [-0.1, -0.05) is 12.1 Å². The van der Waals surface area contributed by atoms with Crippen LogP contribution in [-0.4, -0.2) is 25.8 Å². The van der Waals surface area contributed by atoms with E-state index in [1.54, 1.807) is 23.1 Å². The van der Waals surface area contributed by atoms with Gasteiger partial charge in [-0.15, -0.1) is 11.3 Å². The number of carbonyl (C=O) groups is 1. The highest BCUT2D eigenvalue weighted by Gasteiger charge is 2.23. The summed E-state index contributed by atoms with van der Waals surface area (Å²) in [5.74, 6) is -2.41. The first-order chi connectivity index (χ1) is 13.8. The lowest BCUT2D eigenvalue weighted by atomic mass is 9.99. The standard InChI is InChI=1S/C20H16F2N2O3S2/c21-17-6-5-16(11-18(17)22)29(26,27)23-15-4-3-13-7-8-24(12-14(13)10-15)20(25)19-2-1-9-28-19/h1-6,9-11,23H,7-8,12H2. The Hall–Kier alpha value is -2.78. The van der Waals surface area contributed by atoms with E-state index in [0.29, 0.717) is 36.1 Å². The molecule has 150 valence electrons.